The number of sulfone groups is 1. The summed E-state index contributed by atoms with van der Waals surface area (Å²) in [5.74, 6) is -10.5. The van der Waals surface area contributed by atoms with E-state index in [0.717, 1.165) is 33.9 Å². The molecule has 0 aliphatic heterocycles. The van der Waals surface area contributed by atoms with Crippen molar-refractivity contribution in [2.45, 2.75) is 47.8 Å². The molecule has 15 nitrogen and oxygen atoms in total. The number of hydrogen-bond acceptors (Lipinski definition) is 11. The maximum Gasteiger partial charge on any atom is 0.435 e. The average Bonchev–Trinajstić information content (AvgIpc) is 3.33. The van der Waals surface area contributed by atoms with Crippen LogP contribution in [0.25, 0.3) is 26.9 Å². The van der Waals surface area contributed by atoms with Gasteiger partial charge in [0.1, 0.15) is 34.4 Å². The molecule has 0 spiro atoms. The molecule has 0 radical (unpaired) electrons. The number of benzene rings is 2. The van der Waals surface area contributed by atoms with Crippen LogP contribution in [0.1, 0.15) is 46.7 Å². The van der Waals surface area contributed by atoms with Crippen molar-refractivity contribution in [3.63, 3.8) is 0 Å². The zero-order chi connectivity index (χ0) is 42.9. The summed E-state index contributed by atoms with van der Waals surface area (Å²) in [6.45, 7) is -1.23. The van der Waals surface area contributed by atoms with E-state index in [1.807, 2.05) is 0 Å². The second-order valence-electron chi connectivity index (χ2n) is 14.1. The Morgan fingerprint density at radius 3 is 2.37 bits per heavy atom. The third kappa shape index (κ3) is 7.09. The zero-order valence-corrected chi connectivity index (χ0v) is 33.3. The summed E-state index contributed by atoms with van der Waals surface area (Å²) >= 11 is 6.95. The molecule has 26 heteroatoms. The summed E-state index contributed by atoms with van der Waals surface area (Å²) in [6, 6.07) is 3.06. The molecule has 1 amide bonds. The number of rotatable bonds is 10. The molecule has 4 heterocycles. The first-order valence-electron chi connectivity index (χ1n) is 16.9. The average molecular weight is 908 g/mol. The Morgan fingerprint density at radius 2 is 1.75 bits per heavy atom. The largest absolute Gasteiger partial charge is 0.435 e. The lowest BCUT2D eigenvalue weighted by molar-refractivity contribution is -0.142. The van der Waals surface area contributed by atoms with Gasteiger partial charge in [-0.1, -0.05) is 22.9 Å². The fraction of sp³-hybridized carbons (Fsp3) is 0.333. The second kappa shape index (κ2) is 13.4. The highest BCUT2D eigenvalue weighted by atomic mass is 35.5. The molecule has 59 heavy (non-hydrogen) atoms. The number of fused-ring (bicyclic) bond motifs is 5. The summed E-state index contributed by atoms with van der Waals surface area (Å²) in [5, 5.41) is 9.88. The summed E-state index contributed by atoms with van der Waals surface area (Å²) in [5.41, 5.74) is -5.23. The number of aryl methyl sites for hydroxylation is 1. The minimum atomic E-state index is -5.15. The van der Waals surface area contributed by atoms with Gasteiger partial charge in [0, 0.05) is 37.3 Å². The van der Waals surface area contributed by atoms with E-state index in [-0.39, 0.29) is 48.8 Å². The highest BCUT2D eigenvalue weighted by Gasteiger charge is 2.68. The lowest BCUT2D eigenvalue weighted by atomic mass is 10.0. The van der Waals surface area contributed by atoms with Gasteiger partial charge in [-0.15, -0.1) is 0 Å². The first-order chi connectivity index (χ1) is 27.3. The summed E-state index contributed by atoms with van der Waals surface area (Å²) < 4.78 is 155. The zero-order valence-electron chi connectivity index (χ0n) is 30.1. The maximum atomic E-state index is 15.4. The van der Waals surface area contributed by atoms with Crippen LogP contribution in [0.2, 0.25) is 5.02 Å². The van der Waals surface area contributed by atoms with E-state index in [4.69, 9.17) is 11.6 Å². The predicted octanol–water partition coefficient (Wildman–Crippen LogP) is 4.96. The monoisotopic (exact) mass is 907 g/mol. The van der Waals surface area contributed by atoms with Crippen molar-refractivity contribution in [1.82, 2.24) is 39.4 Å². The molecule has 312 valence electrons. The van der Waals surface area contributed by atoms with Gasteiger partial charge in [-0.25, -0.2) is 35.6 Å². The lowest BCUT2D eigenvalue weighted by Gasteiger charge is -2.23. The number of nitrogens with zero attached hydrogens (tertiary/aromatic N) is 7. The predicted molar refractivity (Wildman–Crippen MR) is 197 cm³/mol. The van der Waals surface area contributed by atoms with Gasteiger partial charge in [-0.2, -0.15) is 32.1 Å². The van der Waals surface area contributed by atoms with Crippen molar-refractivity contribution in [2.75, 3.05) is 17.2 Å². The maximum absolute atomic E-state index is 15.4. The number of carbonyl (C=O) groups is 1. The number of sulfonamides is 1. The van der Waals surface area contributed by atoms with Crippen molar-refractivity contribution in [3.8, 4) is 5.69 Å². The highest BCUT2D eigenvalue weighted by molar-refractivity contribution is 7.92. The van der Waals surface area contributed by atoms with E-state index >= 15 is 8.78 Å². The van der Waals surface area contributed by atoms with Gasteiger partial charge < -0.3 is 5.32 Å². The molecule has 8 rings (SSSR count). The quantitative estimate of drug-likeness (QED) is 0.178. The van der Waals surface area contributed by atoms with Crippen LogP contribution in [-0.2, 0) is 56.8 Å². The van der Waals surface area contributed by atoms with Crippen LogP contribution < -0.4 is 15.6 Å². The van der Waals surface area contributed by atoms with Crippen LogP contribution in [0.4, 0.5) is 36.6 Å². The Balaban J connectivity index is 1.34. The normalized spacial score (nSPS) is 17.9. The molecule has 0 bridgehead atoms. The molecule has 2 N–H and O–H groups in total. The van der Waals surface area contributed by atoms with Crippen molar-refractivity contribution >= 4 is 75.8 Å². The number of aromatic nitrogens is 7. The Hall–Kier alpha value is -5.14. The lowest BCUT2D eigenvalue weighted by Crippen LogP contribution is -2.38. The van der Waals surface area contributed by atoms with Crippen molar-refractivity contribution < 1.29 is 52.4 Å². The van der Waals surface area contributed by atoms with Crippen molar-refractivity contribution in [2.24, 2.45) is 13.0 Å². The summed E-state index contributed by atoms with van der Waals surface area (Å²) in [4.78, 5) is 37.0. The Kier molecular flexibility index (Phi) is 9.25. The summed E-state index contributed by atoms with van der Waals surface area (Å²) in [6.07, 6.45) is -4.34. The van der Waals surface area contributed by atoms with Crippen LogP contribution in [0.5, 0.6) is 0 Å². The third-order valence-corrected chi connectivity index (χ3v) is 13.3. The van der Waals surface area contributed by atoms with Crippen LogP contribution in [-0.4, -0.2) is 69.4 Å². The number of anilines is 1. The van der Waals surface area contributed by atoms with E-state index in [1.165, 1.54) is 19.2 Å². The molecular formula is C33H25ClF7N9O6S3. The highest BCUT2D eigenvalue weighted by Crippen LogP contribution is 2.68. The molecule has 0 saturated heterocycles. The Bertz CT molecular complexity index is 3070. The molecule has 3 atom stereocenters. The number of thiazole rings is 1. The SMILES string of the molecule is Cn1nc(NS(C)(=O)=O)c2c(Cl)ccc(-n3c([C@H](Cc4cc(F)cc(F)c4)NC(=O)Cn4nc(C(F)(F)F)c5c4C(F)(F)[C@@H]4C[C@H]54)nc4nc(S(C)(=O)=O)sc4c3=O)c21. The fourth-order valence-corrected chi connectivity index (χ4v) is 9.94. The molecule has 1 saturated carbocycles. The molecule has 1 fully saturated rings. The van der Waals surface area contributed by atoms with Crippen molar-refractivity contribution in [3.05, 3.63) is 85.7 Å². The fourth-order valence-electron chi connectivity index (χ4n) is 7.42. The van der Waals surface area contributed by atoms with Crippen LogP contribution in [0, 0.1) is 17.6 Å². The van der Waals surface area contributed by atoms with Gasteiger partial charge in [-0.05, 0) is 42.2 Å². The topological polar surface area (TPSA) is 193 Å². The number of alkyl halides is 5. The van der Waals surface area contributed by atoms with Crippen LogP contribution >= 0.6 is 22.9 Å². The van der Waals surface area contributed by atoms with Gasteiger partial charge >= 0.3 is 6.18 Å². The van der Waals surface area contributed by atoms with E-state index in [0.29, 0.717) is 17.4 Å². The first-order valence-corrected chi connectivity index (χ1v) is 21.9. The number of nitrogens with one attached hydrogen (secondary N) is 2. The van der Waals surface area contributed by atoms with E-state index in [2.05, 4.69) is 30.2 Å². The van der Waals surface area contributed by atoms with Crippen LogP contribution in [0.15, 0.2) is 39.5 Å². The number of amides is 1. The van der Waals surface area contributed by atoms with E-state index in [1.54, 1.807) is 0 Å². The molecule has 6 aromatic rings. The smallest absolute Gasteiger partial charge is 0.344 e. The third-order valence-electron chi connectivity index (χ3n) is 9.70. The van der Waals surface area contributed by atoms with Gasteiger partial charge in [0.2, 0.25) is 30.1 Å². The Morgan fingerprint density at radius 1 is 1.07 bits per heavy atom. The summed E-state index contributed by atoms with van der Waals surface area (Å²) in [7, 11) is -6.69. The van der Waals surface area contributed by atoms with Crippen LogP contribution in [0.3, 0.4) is 0 Å². The number of carbonyl (C=O) groups excluding carboxylic acids is 1. The van der Waals surface area contributed by atoms with Gasteiger partial charge in [0.15, 0.2) is 17.2 Å². The van der Waals surface area contributed by atoms with Gasteiger partial charge in [0.05, 0.1) is 33.9 Å². The van der Waals surface area contributed by atoms with E-state index < -0.39 is 119 Å². The Labute approximate surface area is 335 Å². The van der Waals surface area contributed by atoms with E-state index in [9.17, 15) is 48.4 Å². The minimum absolute atomic E-state index is 0.0320. The molecule has 0 unspecified atom stereocenters. The molecular weight excluding hydrogens is 883 g/mol. The minimum Gasteiger partial charge on any atom is -0.344 e. The van der Waals surface area contributed by atoms with Gasteiger partial charge in [-0.3, -0.25) is 28.2 Å². The number of halogens is 8. The standard InChI is InChI=1S/C33H25ClF7N9O6S3/c1-48-23-19(5-4-17(34)22(23)27(46-48)47-59(3,55)56)50-29(43-28-24(30(50)52)57-31(44-28)58(2,53)54)18(8-12-6-13(35)9-14(36)7-12)42-20(51)11-49-26-21(25(45-49)33(39,40)41)15-10-16(15)32(26,37)38/h4-7,9,15-16,18H,8,10-11H2,1-3H3,(H,42,51)(H,46,47)/t15-,16+,18-/m0/s1. The number of hydrogen-bond donors (Lipinski definition) is 2. The molecule has 2 aliphatic carbocycles. The first kappa shape index (κ1) is 40.6. The van der Waals surface area contributed by atoms with Crippen molar-refractivity contribution in [1.29, 1.82) is 0 Å². The molecule has 4 aromatic heterocycles. The molecule has 2 aliphatic rings. The molecule has 2 aromatic carbocycles. The second-order valence-corrected chi connectivity index (χ2v) is 19.4. The van der Waals surface area contributed by atoms with Gasteiger partial charge in [0.25, 0.3) is 11.5 Å².